The van der Waals surface area contributed by atoms with Crippen LogP contribution in [0.2, 0.25) is 0 Å². The molecule has 160 valence electrons. The predicted octanol–water partition coefficient (Wildman–Crippen LogP) is 2.62. The highest BCUT2D eigenvalue weighted by Crippen LogP contribution is 2.45. The largest absolute Gasteiger partial charge is 0.324 e. The molecule has 2 saturated carbocycles. The quantitative estimate of drug-likeness (QED) is 0.248. The van der Waals surface area contributed by atoms with Gasteiger partial charge < -0.3 is 16.4 Å². The Balaban J connectivity index is 1.33. The lowest BCUT2D eigenvalue weighted by molar-refractivity contribution is -0.117. The van der Waals surface area contributed by atoms with Crippen molar-refractivity contribution < 1.29 is 4.79 Å². The SMILES string of the molecule is N#CNC(=N[C@H]1C[C@@H]2CC[C@H]1C2)Nc1ccc(NC(=O)[C@@H](N)Cc2ccccc2)nc1. The number of aliphatic imine (C=N–C) groups is 1. The first-order valence-corrected chi connectivity index (χ1v) is 10.7. The topological polar surface area (TPSA) is 128 Å². The van der Waals surface area contributed by atoms with E-state index in [9.17, 15) is 4.79 Å². The number of benzene rings is 1. The lowest BCUT2D eigenvalue weighted by atomic mass is 9.96. The molecule has 2 aromatic rings. The zero-order valence-corrected chi connectivity index (χ0v) is 17.3. The number of nitriles is 1. The summed E-state index contributed by atoms with van der Waals surface area (Å²) in [6.45, 7) is 0. The van der Waals surface area contributed by atoms with E-state index < -0.39 is 6.04 Å². The van der Waals surface area contributed by atoms with E-state index in [1.807, 2.05) is 36.5 Å². The van der Waals surface area contributed by atoms with E-state index in [4.69, 9.17) is 16.0 Å². The van der Waals surface area contributed by atoms with Crippen LogP contribution in [0.1, 0.15) is 31.2 Å². The Bertz CT molecular complexity index is 968. The number of hydrogen-bond acceptors (Lipinski definition) is 5. The molecule has 1 aromatic heterocycles. The Hall–Kier alpha value is -3.44. The minimum atomic E-state index is -0.665. The number of rotatable bonds is 6. The molecular formula is C23H27N7O. The summed E-state index contributed by atoms with van der Waals surface area (Å²) < 4.78 is 0. The molecule has 0 aliphatic heterocycles. The fourth-order valence-electron chi connectivity index (χ4n) is 4.54. The summed E-state index contributed by atoms with van der Waals surface area (Å²) in [5, 5.41) is 17.6. The van der Waals surface area contributed by atoms with Crippen molar-refractivity contribution in [3.63, 3.8) is 0 Å². The molecule has 0 radical (unpaired) electrons. The number of amides is 1. The average Bonchev–Trinajstić information content (AvgIpc) is 3.39. The first kappa shape index (κ1) is 20.8. The van der Waals surface area contributed by atoms with Gasteiger partial charge in [-0.3, -0.25) is 10.1 Å². The lowest BCUT2D eigenvalue weighted by Gasteiger charge is -2.19. The third kappa shape index (κ3) is 5.38. The third-order valence-electron chi connectivity index (χ3n) is 6.08. The van der Waals surface area contributed by atoms with E-state index in [0.29, 0.717) is 29.8 Å². The second-order valence-corrected chi connectivity index (χ2v) is 8.30. The Kier molecular flexibility index (Phi) is 6.43. The smallest absolute Gasteiger partial charge is 0.242 e. The van der Waals surface area contributed by atoms with E-state index >= 15 is 0 Å². The summed E-state index contributed by atoms with van der Waals surface area (Å²) in [6.07, 6.45) is 8.85. The van der Waals surface area contributed by atoms with E-state index in [1.54, 1.807) is 18.3 Å². The molecule has 1 heterocycles. The summed E-state index contributed by atoms with van der Waals surface area (Å²) in [5.41, 5.74) is 7.70. The number of carbonyl (C=O) groups is 1. The fourth-order valence-corrected chi connectivity index (χ4v) is 4.54. The summed E-state index contributed by atoms with van der Waals surface area (Å²) >= 11 is 0. The Morgan fingerprint density at radius 1 is 1.19 bits per heavy atom. The molecule has 8 nitrogen and oxygen atoms in total. The zero-order valence-electron chi connectivity index (χ0n) is 17.3. The van der Waals surface area contributed by atoms with Crippen LogP contribution in [0.4, 0.5) is 11.5 Å². The molecule has 8 heteroatoms. The van der Waals surface area contributed by atoms with Crippen molar-refractivity contribution in [2.75, 3.05) is 10.6 Å². The normalized spacial score (nSPS) is 23.1. The summed E-state index contributed by atoms with van der Waals surface area (Å²) in [6, 6.07) is 12.7. The van der Waals surface area contributed by atoms with Crippen molar-refractivity contribution in [1.82, 2.24) is 10.3 Å². The highest BCUT2D eigenvalue weighted by atomic mass is 16.2. The van der Waals surface area contributed by atoms with Crippen LogP contribution in [-0.4, -0.2) is 28.9 Å². The molecule has 0 unspecified atom stereocenters. The summed E-state index contributed by atoms with van der Waals surface area (Å²) in [7, 11) is 0. The molecule has 31 heavy (non-hydrogen) atoms. The van der Waals surface area contributed by atoms with Crippen molar-refractivity contribution in [2.45, 2.75) is 44.2 Å². The molecule has 0 spiro atoms. The van der Waals surface area contributed by atoms with E-state index in [1.165, 1.54) is 19.3 Å². The summed E-state index contributed by atoms with van der Waals surface area (Å²) in [4.78, 5) is 21.4. The molecule has 2 aliphatic rings. The number of anilines is 2. The van der Waals surface area contributed by atoms with E-state index in [2.05, 4.69) is 20.9 Å². The van der Waals surface area contributed by atoms with Crippen LogP contribution < -0.4 is 21.7 Å². The number of aromatic nitrogens is 1. The van der Waals surface area contributed by atoms with Gasteiger partial charge in [-0.2, -0.15) is 5.26 Å². The monoisotopic (exact) mass is 417 g/mol. The number of carbonyl (C=O) groups excluding carboxylic acids is 1. The molecule has 4 atom stereocenters. The van der Waals surface area contributed by atoms with Gasteiger partial charge in [-0.25, -0.2) is 9.98 Å². The van der Waals surface area contributed by atoms with E-state index in [-0.39, 0.29) is 11.9 Å². The molecular weight excluding hydrogens is 390 g/mol. The molecule has 2 aliphatic carbocycles. The Labute approximate surface area is 182 Å². The van der Waals surface area contributed by atoms with Crippen LogP contribution in [0.15, 0.2) is 53.7 Å². The van der Waals surface area contributed by atoms with E-state index in [0.717, 1.165) is 17.9 Å². The minimum Gasteiger partial charge on any atom is -0.324 e. The van der Waals surface area contributed by atoms with Crippen molar-refractivity contribution >= 4 is 23.4 Å². The van der Waals surface area contributed by atoms with Crippen LogP contribution in [0.5, 0.6) is 0 Å². The standard InChI is InChI=1S/C23H27N7O/c24-14-27-23(29-20-12-16-6-7-17(20)10-16)28-18-8-9-21(26-13-18)30-22(31)19(25)11-15-4-2-1-3-5-15/h1-5,8-9,13,16-17,19-20H,6-7,10-12,25H2,(H,26,30,31)(H2,27,28,29)/t16-,17+,19+,20+/m1/s1. The van der Waals surface area contributed by atoms with Crippen LogP contribution in [0.3, 0.4) is 0 Å². The third-order valence-corrected chi connectivity index (χ3v) is 6.08. The van der Waals surface area contributed by atoms with Crippen LogP contribution >= 0.6 is 0 Å². The van der Waals surface area contributed by atoms with Gasteiger partial charge in [0.25, 0.3) is 0 Å². The van der Waals surface area contributed by atoms with Gasteiger partial charge in [-0.1, -0.05) is 36.8 Å². The van der Waals surface area contributed by atoms with Gasteiger partial charge in [-0.05, 0) is 55.2 Å². The van der Waals surface area contributed by atoms with Gasteiger partial charge >= 0.3 is 0 Å². The van der Waals surface area contributed by atoms with Gasteiger partial charge in [-0.15, -0.1) is 0 Å². The summed E-state index contributed by atoms with van der Waals surface area (Å²) in [5.74, 6) is 1.96. The van der Waals surface area contributed by atoms with Gasteiger partial charge in [0.2, 0.25) is 11.9 Å². The van der Waals surface area contributed by atoms with Gasteiger partial charge in [0.05, 0.1) is 24.0 Å². The van der Waals surface area contributed by atoms with Crippen molar-refractivity contribution in [2.24, 2.45) is 22.6 Å². The maximum Gasteiger partial charge on any atom is 0.242 e. The van der Waals surface area contributed by atoms with Gasteiger partial charge in [0, 0.05) is 0 Å². The van der Waals surface area contributed by atoms with Crippen molar-refractivity contribution in [3.05, 3.63) is 54.2 Å². The molecule has 5 N–H and O–H groups in total. The maximum absolute atomic E-state index is 12.4. The second kappa shape index (κ2) is 9.58. The van der Waals surface area contributed by atoms with Crippen molar-refractivity contribution in [1.29, 1.82) is 5.26 Å². The Morgan fingerprint density at radius 2 is 2.03 bits per heavy atom. The number of hydrogen-bond donors (Lipinski definition) is 4. The number of nitrogens with zero attached hydrogens (tertiary/aromatic N) is 3. The number of pyridine rings is 1. The first-order chi connectivity index (χ1) is 15.1. The average molecular weight is 418 g/mol. The number of nitrogens with one attached hydrogen (secondary N) is 3. The highest BCUT2D eigenvalue weighted by Gasteiger charge is 2.39. The number of nitrogens with two attached hydrogens (primary N) is 1. The predicted molar refractivity (Wildman–Crippen MR) is 120 cm³/mol. The number of fused-ring (bicyclic) bond motifs is 2. The minimum absolute atomic E-state index is 0.264. The highest BCUT2D eigenvalue weighted by molar-refractivity contribution is 5.96. The second-order valence-electron chi connectivity index (χ2n) is 8.30. The Morgan fingerprint density at radius 3 is 2.68 bits per heavy atom. The number of guanidine groups is 1. The lowest BCUT2D eigenvalue weighted by Crippen LogP contribution is -2.37. The molecule has 2 bridgehead atoms. The van der Waals surface area contributed by atoms with Crippen LogP contribution in [0.25, 0.3) is 0 Å². The van der Waals surface area contributed by atoms with Gasteiger partial charge in [0.1, 0.15) is 5.82 Å². The molecule has 0 saturated heterocycles. The van der Waals surface area contributed by atoms with Gasteiger partial charge in [0.15, 0.2) is 6.19 Å². The zero-order chi connectivity index (χ0) is 21.6. The molecule has 2 fully saturated rings. The molecule has 4 rings (SSSR count). The fraction of sp³-hybridized carbons (Fsp3) is 0.391. The molecule has 1 amide bonds. The van der Waals surface area contributed by atoms with Crippen LogP contribution in [-0.2, 0) is 11.2 Å². The maximum atomic E-state index is 12.4. The molecule has 1 aromatic carbocycles. The first-order valence-electron chi connectivity index (χ1n) is 10.7. The van der Waals surface area contributed by atoms with Crippen LogP contribution in [0, 0.1) is 23.3 Å². The van der Waals surface area contributed by atoms with Crippen molar-refractivity contribution in [3.8, 4) is 6.19 Å².